The average molecular weight is 192 g/mol. The van der Waals surface area contributed by atoms with Gasteiger partial charge in [-0.3, -0.25) is 0 Å². The van der Waals surface area contributed by atoms with E-state index in [1.54, 1.807) is 0 Å². The minimum absolute atomic E-state index is 0.0421. The van der Waals surface area contributed by atoms with E-state index >= 15 is 0 Å². The summed E-state index contributed by atoms with van der Waals surface area (Å²) in [5, 5.41) is 35.6. The number of hydrogen-bond donors (Lipinski definition) is 4. The van der Waals surface area contributed by atoms with Gasteiger partial charge in [0.05, 0.1) is 12.2 Å². The molecule has 0 rings (SSSR count). The predicted octanol–water partition coefficient (Wildman–Crippen LogP) is -0.357. The quantitative estimate of drug-likeness (QED) is 0.396. The first kappa shape index (κ1) is 12.8. The van der Waals surface area contributed by atoms with Gasteiger partial charge in [-0.05, 0) is 32.1 Å². The van der Waals surface area contributed by atoms with Gasteiger partial charge in [0, 0.05) is 13.2 Å². The third-order valence-corrected chi connectivity index (χ3v) is 2.01. The van der Waals surface area contributed by atoms with Crippen molar-refractivity contribution in [2.45, 2.75) is 44.3 Å². The lowest BCUT2D eigenvalue weighted by Gasteiger charge is -2.16. The molecule has 4 N–H and O–H groups in total. The van der Waals surface area contributed by atoms with Crippen LogP contribution in [0.4, 0.5) is 0 Å². The van der Waals surface area contributed by atoms with Crippen molar-refractivity contribution in [2.75, 3.05) is 13.2 Å². The molecule has 80 valence electrons. The fourth-order valence-corrected chi connectivity index (χ4v) is 1.15. The summed E-state index contributed by atoms with van der Waals surface area (Å²) < 4.78 is 0. The van der Waals surface area contributed by atoms with E-state index in [9.17, 15) is 10.2 Å². The van der Waals surface area contributed by atoms with Gasteiger partial charge in [-0.25, -0.2) is 0 Å². The lowest BCUT2D eigenvalue weighted by atomic mass is 10.0. The molecule has 4 nitrogen and oxygen atoms in total. The molecule has 0 aliphatic heterocycles. The molecule has 0 aromatic carbocycles. The molecule has 0 aliphatic rings. The molecule has 0 aromatic heterocycles. The van der Waals surface area contributed by atoms with Gasteiger partial charge in [-0.1, -0.05) is 0 Å². The van der Waals surface area contributed by atoms with Gasteiger partial charge in [0.15, 0.2) is 0 Å². The van der Waals surface area contributed by atoms with Crippen LogP contribution in [0.1, 0.15) is 32.1 Å². The summed E-state index contributed by atoms with van der Waals surface area (Å²) in [6, 6.07) is 0. The largest absolute Gasteiger partial charge is 0.396 e. The molecular weight excluding hydrogens is 172 g/mol. The van der Waals surface area contributed by atoms with Crippen LogP contribution in [0.2, 0.25) is 0 Å². The van der Waals surface area contributed by atoms with Crippen molar-refractivity contribution in [3.05, 3.63) is 0 Å². The van der Waals surface area contributed by atoms with Gasteiger partial charge in [-0.2, -0.15) is 0 Å². The van der Waals surface area contributed by atoms with E-state index in [4.69, 9.17) is 10.2 Å². The molecule has 13 heavy (non-hydrogen) atoms. The summed E-state index contributed by atoms with van der Waals surface area (Å²) >= 11 is 0. The van der Waals surface area contributed by atoms with Crippen molar-refractivity contribution in [2.24, 2.45) is 0 Å². The third-order valence-electron chi connectivity index (χ3n) is 2.01. The molecule has 2 atom stereocenters. The number of aliphatic hydroxyl groups is 4. The maximum Gasteiger partial charge on any atom is 0.0800 e. The van der Waals surface area contributed by atoms with Crippen molar-refractivity contribution in [1.82, 2.24) is 0 Å². The number of unbranched alkanes of at least 4 members (excludes halogenated alkanes) is 1. The van der Waals surface area contributed by atoms with E-state index in [1.165, 1.54) is 0 Å². The van der Waals surface area contributed by atoms with Crippen LogP contribution in [-0.4, -0.2) is 45.8 Å². The average Bonchev–Trinajstić information content (AvgIpc) is 2.14. The molecular formula is C9H20O4. The Kier molecular flexibility index (Phi) is 8.33. The number of rotatable bonds is 8. The third kappa shape index (κ3) is 6.95. The van der Waals surface area contributed by atoms with Crippen molar-refractivity contribution in [1.29, 1.82) is 0 Å². The normalized spacial score (nSPS) is 15.7. The SMILES string of the molecule is OCCCCC(O)C(O)CCCO. The zero-order valence-corrected chi connectivity index (χ0v) is 7.89. The number of aliphatic hydroxyl groups excluding tert-OH is 4. The van der Waals surface area contributed by atoms with E-state index in [-0.39, 0.29) is 13.2 Å². The lowest BCUT2D eigenvalue weighted by Crippen LogP contribution is -2.26. The first-order chi connectivity index (χ1) is 6.22. The Hall–Kier alpha value is -0.160. The van der Waals surface area contributed by atoms with Gasteiger partial charge < -0.3 is 20.4 Å². The van der Waals surface area contributed by atoms with Crippen LogP contribution in [-0.2, 0) is 0 Å². The summed E-state index contributed by atoms with van der Waals surface area (Å²) in [6.45, 7) is 0.167. The van der Waals surface area contributed by atoms with E-state index in [0.29, 0.717) is 32.1 Å². The molecule has 0 aromatic rings. The highest BCUT2D eigenvalue weighted by Crippen LogP contribution is 2.09. The minimum Gasteiger partial charge on any atom is -0.396 e. The van der Waals surface area contributed by atoms with Gasteiger partial charge in [0.2, 0.25) is 0 Å². The fourth-order valence-electron chi connectivity index (χ4n) is 1.15. The van der Waals surface area contributed by atoms with Crippen molar-refractivity contribution in [3.63, 3.8) is 0 Å². The van der Waals surface area contributed by atoms with Crippen LogP contribution < -0.4 is 0 Å². The molecule has 0 bridgehead atoms. The summed E-state index contributed by atoms with van der Waals surface area (Å²) in [7, 11) is 0. The van der Waals surface area contributed by atoms with Crippen LogP contribution >= 0.6 is 0 Å². The van der Waals surface area contributed by atoms with Crippen molar-refractivity contribution in [3.8, 4) is 0 Å². The van der Waals surface area contributed by atoms with E-state index in [2.05, 4.69) is 0 Å². The fraction of sp³-hybridized carbons (Fsp3) is 1.00. The first-order valence-corrected chi connectivity index (χ1v) is 4.80. The molecule has 0 fully saturated rings. The highest BCUT2D eigenvalue weighted by atomic mass is 16.3. The molecule has 0 heterocycles. The Morgan fingerprint density at radius 3 is 1.62 bits per heavy atom. The summed E-state index contributed by atoms with van der Waals surface area (Å²) in [5.41, 5.74) is 0. The highest BCUT2D eigenvalue weighted by Gasteiger charge is 2.14. The second kappa shape index (κ2) is 8.44. The van der Waals surface area contributed by atoms with E-state index in [0.717, 1.165) is 0 Å². The molecule has 0 saturated heterocycles. The number of hydrogen-bond acceptors (Lipinski definition) is 4. The van der Waals surface area contributed by atoms with Crippen molar-refractivity contribution < 1.29 is 20.4 Å². The molecule has 2 unspecified atom stereocenters. The topological polar surface area (TPSA) is 80.9 Å². The molecule has 0 radical (unpaired) electrons. The monoisotopic (exact) mass is 192 g/mol. The van der Waals surface area contributed by atoms with Crippen LogP contribution in [0.25, 0.3) is 0 Å². The Bertz CT molecular complexity index is 108. The summed E-state index contributed by atoms with van der Waals surface area (Å²) in [4.78, 5) is 0. The Balaban J connectivity index is 3.38. The molecule has 4 heteroatoms. The molecule has 0 amide bonds. The van der Waals surface area contributed by atoms with Gasteiger partial charge >= 0.3 is 0 Å². The van der Waals surface area contributed by atoms with Crippen LogP contribution in [0.3, 0.4) is 0 Å². The zero-order chi connectivity index (χ0) is 10.1. The maximum absolute atomic E-state index is 9.36. The molecule has 0 aliphatic carbocycles. The zero-order valence-electron chi connectivity index (χ0n) is 7.89. The maximum atomic E-state index is 9.36. The Morgan fingerprint density at radius 2 is 1.15 bits per heavy atom. The second-order valence-corrected chi connectivity index (χ2v) is 3.22. The van der Waals surface area contributed by atoms with Gasteiger partial charge in [-0.15, -0.1) is 0 Å². The first-order valence-electron chi connectivity index (χ1n) is 4.80. The Labute approximate surface area is 78.8 Å². The van der Waals surface area contributed by atoms with E-state index < -0.39 is 12.2 Å². The van der Waals surface area contributed by atoms with Crippen LogP contribution in [0.5, 0.6) is 0 Å². The minimum atomic E-state index is -0.745. The van der Waals surface area contributed by atoms with Gasteiger partial charge in [0.25, 0.3) is 0 Å². The standard InChI is InChI=1S/C9H20O4/c10-6-2-1-4-8(12)9(13)5-3-7-11/h8-13H,1-7H2. The van der Waals surface area contributed by atoms with Gasteiger partial charge in [0.1, 0.15) is 0 Å². The second-order valence-electron chi connectivity index (χ2n) is 3.22. The van der Waals surface area contributed by atoms with Crippen molar-refractivity contribution >= 4 is 0 Å². The lowest BCUT2D eigenvalue weighted by molar-refractivity contribution is 0.00476. The molecule has 0 saturated carbocycles. The van der Waals surface area contributed by atoms with Crippen LogP contribution in [0.15, 0.2) is 0 Å². The Morgan fingerprint density at radius 1 is 0.692 bits per heavy atom. The predicted molar refractivity (Wildman–Crippen MR) is 49.3 cm³/mol. The smallest absolute Gasteiger partial charge is 0.0800 e. The summed E-state index contributed by atoms with van der Waals surface area (Å²) in [5.74, 6) is 0. The highest BCUT2D eigenvalue weighted by molar-refractivity contribution is 4.66. The summed E-state index contributed by atoms with van der Waals surface area (Å²) in [6.07, 6.45) is 1.35. The molecule has 0 spiro atoms. The van der Waals surface area contributed by atoms with Crippen LogP contribution in [0, 0.1) is 0 Å². The van der Waals surface area contributed by atoms with E-state index in [1.807, 2.05) is 0 Å².